The SMILES string of the molecule is COc1ccc(C(=O)N2CC3(CCC4(CC4)CC3)c3cc(Br)ccc32)cc1S(=O)(=O)NC(C)(C)C. The Hall–Kier alpha value is -1.90. The monoisotopic (exact) mass is 560 g/mol. The van der Waals surface area contributed by atoms with E-state index in [9.17, 15) is 13.2 Å². The predicted octanol–water partition coefficient (Wildman–Crippen LogP) is 5.79. The first-order chi connectivity index (χ1) is 16.4. The Kier molecular flexibility index (Phi) is 5.89. The highest BCUT2D eigenvalue weighted by Gasteiger charge is 2.53. The number of hydrogen-bond donors (Lipinski definition) is 1. The van der Waals surface area contributed by atoms with Crippen LogP contribution >= 0.6 is 15.9 Å². The van der Waals surface area contributed by atoms with Crippen molar-refractivity contribution in [2.75, 3.05) is 18.6 Å². The normalized spacial score (nSPS) is 20.2. The van der Waals surface area contributed by atoms with Crippen molar-refractivity contribution in [3.8, 4) is 5.75 Å². The zero-order valence-electron chi connectivity index (χ0n) is 20.8. The van der Waals surface area contributed by atoms with Crippen molar-refractivity contribution >= 4 is 37.5 Å². The number of nitrogens with one attached hydrogen (secondary N) is 1. The van der Waals surface area contributed by atoms with E-state index in [2.05, 4.69) is 26.7 Å². The molecule has 35 heavy (non-hydrogen) atoms. The van der Waals surface area contributed by atoms with Gasteiger partial charge in [0.2, 0.25) is 10.0 Å². The third kappa shape index (κ3) is 4.53. The van der Waals surface area contributed by atoms with E-state index in [1.165, 1.54) is 44.4 Å². The molecule has 0 saturated heterocycles. The van der Waals surface area contributed by atoms with Gasteiger partial charge in [-0.1, -0.05) is 15.9 Å². The second kappa shape index (κ2) is 8.32. The van der Waals surface area contributed by atoms with Gasteiger partial charge in [0.15, 0.2) is 0 Å². The van der Waals surface area contributed by atoms with Crippen molar-refractivity contribution in [3.05, 3.63) is 52.0 Å². The van der Waals surface area contributed by atoms with Gasteiger partial charge in [-0.25, -0.2) is 13.1 Å². The van der Waals surface area contributed by atoms with E-state index in [4.69, 9.17) is 4.74 Å². The lowest BCUT2D eigenvalue weighted by Crippen LogP contribution is -2.41. The number of amides is 1. The fourth-order valence-corrected chi connectivity index (χ4v) is 7.79. The number of halogens is 1. The summed E-state index contributed by atoms with van der Waals surface area (Å²) in [5, 5.41) is 0. The summed E-state index contributed by atoms with van der Waals surface area (Å²) in [6.07, 6.45) is 7.26. The van der Waals surface area contributed by atoms with Gasteiger partial charge in [0.05, 0.1) is 7.11 Å². The number of rotatable bonds is 4. The number of carbonyl (C=O) groups excluding carboxylic acids is 1. The van der Waals surface area contributed by atoms with Gasteiger partial charge in [0.25, 0.3) is 5.91 Å². The Morgan fingerprint density at radius 1 is 1.03 bits per heavy atom. The van der Waals surface area contributed by atoms with Gasteiger partial charge in [-0.3, -0.25) is 4.79 Å². The van der Waals surface area contributed by atoms with Crippen molar-refractivity contribution < 1.29 is 17.9 Å². The molecule has 5 rings (SSSR count). The lowest BCUT2D eigenvalue weighted by Gasteiger charge is -2.38. The fraction of sp³-hybridized carbons (Fsp3) is 0.519. The molecule has 188 valence electrons. The molecule has 0 aromatic heterocycles. The summed E-state index contributed by atoms with van der Waals surface area (Å²) in [7, 11) is -2.46. The summed E-state index contributed by atoms with van der Waals surface area (Å²) in [4.78, 5) is 15.7. The van der Waals surface area contributed by atoms with Gasteiger partial charge in [-0.2, -0.15) is 0 Å². The maximum absolute atomic E-state index is 13.9. The maximum Gasteiger partial charge on any atom is 0.258 e. The van der Waals surface area contributed by atoms with Crippen LogP contribution in [0.2, 0.25) is 0 Å². The number of benzene rings is 2. The van der Waals surface area contributed by atoms with Crippen LogP contribution in [-0.4, -0.2) is 33.5 Å². The van der Waals surface area contributed by atoms with Gasteiger partial charge in [0, 0.05) is 33.2 Å². The average Bonchev–Trinajstić information content (AvgIpc) is 3.49. The van der Waals surface area contributed by atoms with Gasteiger partial charge in [-0.05, 0) is 107 Å². The predicted molar refractivity (Wildman–Crippen MR) is 141 cm³/mol. The molecule has 1 aliphatic heterocycles. The highest BCUT2D eigenvalue weighted by molar-refractivity contribution is 9.10. The first-order valence-electron chi connectivity index (χ1n) is 12.2. The number of methoxy groups -OCH3 is 1. The number of sulfonamides is 1. The first kappa shape index (κ1) is 24.8. The average molecular weight is 562 g/mol. The van der Waals surface area contributed by atoms with Crippen LogP contribution in [0, 0.1) is 5.41 Å². The molecule has 0 unspecified atom stereocenters. The highest BCUT2D eigenvalue weighted by atomic mass is 79.9. The number of hydrogen-bond acceptors (Lipinski definition) is 4. The molecule has 3 aliphatic rings. The maximum atomic E-state index is 13.9. The molecule has 6 nitrogen and oxygen atoms in total. The molecule has 0 bridgehead atoms. The minimum atomic E-state index is -3.89. The highest BCUT2D eigenvalue weighted by Crippen LogP contribution is 2.62. The van der Waals surface area contributed by atoms with Crippen molar-refractivity contribution in [1.82, 2.24) is 4.72 Å². The standard InChI is InChI=1S/C27H33BrN2O4S/c1-25(2,3)29-35(32,33)23-15-18(5-8-22(23)34-4)24(31)30-17-27(13-11-26(9-10-26)12-14-27)20-16-19(28)6-7-21(20)30/h5-8,15-16,29H,9-14,17H2,1-4H3. The van der Waals surface area contributed by atoms with E-state index in [1.54, 1.807) is 32.9 Å². The van der Waals surface area contributed by atoms with E-state index < -0.39 is 15.6 Å². The first-order valence-corrected chi connectivity index (χ1v) is 14.5. The smallest absolute Gasteiger partial charge is 0.258 e. The summed E-state index contributed by atoms with van der Waals surface area (Å²) >= 11 is 3.63. The van der Waals surface area contributed by atoms with Crippen molar-refractivity contribution in [2.45, 2.75) is 75.1 Å². The molecule has 1 amide bonds. The summed E-state index contributed by atoms with van der Waals surface area (Å²) in [5.41, 5.74) is 2.33. The van der Waals surface area contributed by atoms with Crippen molar-refractivity contribution in [2.24, 2.45) is 5.41 Å². The van der Waals surface area contributed by atoms with Crippen LogP contribution < -0.4 is 14.4 Å². The van der Waals surface area contributed by atoms with Crippen LogP contribution in [-0.2, 0) is 15.4 Å². The third-order valence-corrected chi connectivity index (χ3v) is 10.2. The quantitative estimate of drug-likeness (QED) is 0.513. The van der Waals surface area contributed by atoms with Crippen LogP contribution in [0.15, 0.2) is 45.8 Å². The Bertz CT molecular complexity index is 1280. The molecule has 2 saturated carbocycles. The van der Waals surface area contributed by atoms with Gasteiger partial charge in [0.1, 0.15) is 10.6 Å². The minimum absolute atomic E-state index is 0.0287. The zero-order chi connectivity index (χ0) is 25.2. The molecule has 0 atom stereocenters. The summed E-state index contributed by atoms with van der Waals surface area (Å²) in [6.45, 7) is 5.96. The van der Waals surface area contributed by atoms with Crippen molar-refractivity contribution in [1.29, 1.82) is 0 Å². The lowest BCUT2D eigenvalue weighted by atomic mass is 9.66. The molecule has 2 aromatic carbocycles. The Morgan fingerprint density at radius 3 is 2.29 bits per heavy atom. The number of carbonyl (C=O) groups is 1. The molecule has 1 heterocycles. The number of ether oxygens (including phenoxy) is 1. The second-order valence-electron chi connectivity index (χ2n) is 11.6. The summed E-state index contributed by atoms with van der Waals surface area (Å²) in [6, 6.07) is 10.8. The Morgan fingerprint density at radius 2 is 1.69 bits per heavy atom. The molecule has 2 fully saturated rings. The van der Waals surface area contributed by atoms with Crippen LogP contribution in [0.5, 0.6) is 5.75 Å². The summed E-state index contributed by atoms with van der Waals surface area (Å²) < 4.78 is 35.3. The van der Waals surface area contributed by atoms with Gasteiger partial charge >= 0.3 is 0 Å². The summed E-state index contributed by atoms with van der Waals surface area (Å²) in [5.74, 6) is 0.0227. The molecular formula is C27H33BrN2O4S. The molecule has 8 heteroatoms. The molecule has 2 aromatic rings. The number of anilines is 1. The van der Waals surface area contributed by atoms with Gasteiger partial charge in [-0.15, -0.1) is 0 Å². The van der Waals surface area contributed by atoms with E-state index in [0.717, 1.165) is 23.0 Å². The second-order valence-corrected chi connectivity index (χ2v) is 14.1. The Labute approximate surface area is 216 Å². The fourth-order valence-electron chi connectivity index (χ4n) is 5.82. The molecule has 2 aliphatic carbocycles. The van der Waals surface area contributed by atoms with Crippen molar-refractivity contribution in [3.63, 3.8) is 0 Å². The van der Waals surface area contributed by atoms with E-state index >= 15 is 0 Å². The minimum Gasteiger partial charge on any atom is -0.495 e. The van der Waals surface area contributed by atoms with Gasteiger partial charge < -0.3 is 9.64 Å². The van der Waals surface area contributed by atoms with Crippen LogP contribution in [0.1, 0.15) is 75.2 Å². The molecule has 0 radical (unpaired) electrons. The number of fused-ring (bicyclic) bond motifs is 2. The van der Waals surface area contributed by atoms with Crippen LogP contribution in [0.4, 0.5) is 5.69 Å². The Balaban J connectivity index is 1.51. The molecule has 1 N–H and O–H groups in total. The number of nitrogens with zero attached hydrogens (tertiary/aromatic N) is 1. The lowest BCUT2D eigenvalue weighted by molar-refractivity contribution is 0.0980. The molecular weight excluding hydrogens is 528 g/mol. The molecule has 2 spiro atoms. The van der Waals surface area contributed by atoms with E-state index in [-0.39, 0.29) is 22.0 Å². The van der Waals surface area contributed by atoms with Crippen LogP contribution in [0.25, 0.3) is 0 Å². The van der Waals surface area contributed by atoms with E-state index in [1.807, 2.05) is 17.0 Å². The van der Waals surface area contributed by atoms with Crippen LogP contribution in [0.3, 0.4) is 0 Å². The topological polar surface area (TPSA) is 75.7 Å². The third-order valence-electron chi connectivity index (χ3n) is 7.89. The van der Waals surface area contributed by atoms with E-state index in [0.29, 0.717) is 17.5 Å². The largest absolute Gasteiger partial charge is 0.495 e. The zero-order valence-corrected chi connectivity index (χ0v) is 23.2.